The average molecular weight is 192 g/mol. The first-order chi connectivity index (χ1) is 6.77. The summed E-state index contributed by atoms with van der Waals surface area (Å²) in [5, 5.41) is 0. The third-order valence-electron chi connectivity index (χ3n) is 3.03. The maximum Gasteiger partial charge on any atom is 0.219 e. The first kappa shape index (κ1) is 9.31. The predicted molar refractivity (Wildman–Crippen MR) is 55.0 cm³/mol. The Morgan fingerprint density at radius 2 is 2.21 bits per heavy atom. The fraction of sp³-hybridized carbons (Fsp3) is 0.545. The van der Waals surface area contributed by atoms with Gasteiger partial charge in [-0.25, -0.2) is 0 Å². The number of carbonyl (C=O) groups excluding carboxylic acids is 1. The number of carbonyl (C=O) groups is 1. The van der Waals surface area contributed by atoms with Crippen LogP contribution in [0.25, 0.3) is 0 Å². The van der Waals surface area contributed by atoms with Gasteiger partial charge in [0, 0.05) is 32.4 Å². The molecule has 1 N–H and O–H groups in total. The van der Waals surface area contributed by atoms with Crippen LogP contribution in [0.3, 0.4) is 0 Å². The monoisotopic (exact) mass is 192 g/mol. The molecule has 2 rings (SSSR count). The second-order valence-corrected chi connectivity index (χ2v) is 3.92. The number of aromatic nitrogens is 1. The van der Waals surface area contributed by atoms with Gasteiger partial charge in [-0.15, -0.1) is 0 Å². The Morgan fingerprint density at radius 1 is 1.50 bits per heavy atom. The lowest BCUT2D eigenvalue weighted by Gasteiger charge is -2.30. The molecule has 0 atom stereocenters. The molecule has 1 aromatic rings. The van der Waals surface area contributed by atoms with Gasteiger partial charge in [0.05, 0.1) is 0 Å². The van der Waals surface area contributed by atoms with Crippen LogP contribution in [0.15, 0.2) is 18.5 Å². The number of hydrogen-bond acceptors (Lipinski definition) is 1. The van der Waals surface area contributed by atoms with E-state index in [1.807, 2.05) is 11.1 Å². The largest absolute Gasteiger partial charge is 0.367 e. The van der Waals surface area contributed by atoms with Crippen LogP contribution in [0.2, 0.25) is 0 Å². The molecule has 0 bridgehead atoms. The Balaban J connectivity index is 1.93. The van der Waals surface area contributed by atoms with Gasteiger partial charge in [0.2, 0.25) is 5.91 Å². The van der Waals surface area contributed by atoms with Crippen LogP contribution in [0.4, 0.5) is 0 Å². The molecule has 1 amide bonds. The fourth-order valence-corrected chi connectivity index (χ4v) is 2.12. The molecule has 3 heteroatoms. The first-order valence-electron chi connectivity index (χ1n) is 5.15. The van der Waals surface area contributed by atoms with Crippen LogP contribution in [0, 0.1) is 0 Å². The quantitative estimate of drug-likeness (QED) is 0.723. The molecule has 2 heterocycles. The minimum atomic E-state index is 0.206. The van der Waals surface area contributed by atoms with Crippen molar-refractivity contribution in [2.75, 3.05) is 13.1 Å². The molecule has 1 aromatic heterocycles. The van der Waals surface area contributed by atoms with Gasteiger partial charge in [0.1, 0.15) is 0 Å². The zero-order valence-corrected chi connectivity index (χ0v) is 8.49. The van der Waals surface area contributed by atoms with Crippen molar-refractivity contribution in [3.63, 3.8) is 0 Å². The minimum Gasteiger partial charge on any atom is -0.367 e. The van der Waals surface area contributed by atoms with Gasteiger partial charge in [-0.05, 0) is 30.4 Å². The van der Waals surface area contributed by atoms with Gasteiger partial charge in [-0.1, -0.05) is 0 Å². The Kier molecular flexibility index (Phi) is 2.57. The van der Waals surface area contributed by atoms with Gasteiger partial charge in [-0.3, -0.25) is 4.79 Å². The highest BCUT2D eigenvalue weighted by atomic mass is 16.2. The van der Waals surface area contributed by atoms with E-state index in [1.165, 1.54) is 5.56 Å². The molecule has 1 saturated heterocycles. The molecule has 76 valence electrons. The van der Waals surface area contributed by atoms with E-state index >= 15 is 0 Å². The van der Waals surface area contributed by atoms with Crippen LogP contribution < -0.4 is 0 Å². The van der Waals surface area contributed by atoms with Gasteiger partial charge in [0.25, 0.3) is 0 Å². The average Bonchev–Trinajstić information content (AvgIpc) is 2.71. The summed E-state index contributed by atoms with van der Waals surface area (Å²) in [4.78, 5) is 16.1. The molecule has 0 aliphatic carbocycles. The summed E-state index contributed by atoms with van der Waals surface area (Å²) in [7, 11) is 0. The number of rotatable bonds is 1. The summed E-state index contributed by atoms with van der Waals surface area (Å²) in [5.41, 5.74) is 1.38. The van der Waals surface area contributed by atoms with E-state index in [-0.39, 0.29) is 5.91 Å². The predicted octanol–water partition coefficient (Wildman–Crippen LogP) is 1.74. The van der Waals surface area contributed by atoms with Crippen molar-refractivity contribution in [2.24, 2.45) is 0 Å². The van der Waals surface area contributed by atoms with Crippen molar-refractivity contribution in [1.82, 2.24) is 9.88 Å². The number of likely N-dealkylation sites (tertiary alicyclic amines) is 1. The molecule has 0 aromatic carbocycles. The maximum absolute atomic E-state index is 11.1. The third-order valence-corrected chi connectivity index (χ3v) is 3.03. The molecule has 0 radical (unpaired) electrons. The molecule has 0 saturated carbocycles. The number of piperidine rings is 1. The molecule has 0 unspecified atom stereocenters. The molecular weight excluding hydrogens is 176 g/mol. The van der Waals surface area contributed by atoms with Crippen LogP contribution >= 0.6 is 0 Å². The second kappa shape index (κ2) is 3.86. The van der Waals surface area contributed by atoms with E-state index in [4.69, 9.17) is 0 Å². The first-order valence-corrected chi connectivity index (χ1v) is 5.15. The number of aromatic amines is 1. The molecule has 14 heavy (non-hydrogen) atoms. The van der Waals surface area contributed by atoms with Crippen LogP contribution in [-0.2, 0) is 4.79 Å². The number of nitrogens with one attached hydrogen (secondary N) is 1. The Bertz CT molecular complexity index is 297. The fourth-order valence-electron chi connectivity index (χ4n) is 2.12. The molecule has 3 nitrogen and oxygen atoms in total. The van der Waals surface area contributed by atoms with E-state index in [1.54, 1.807) is 6.92 Å². The maximum atomic E-state index is 11.1. The highest BCUT2D eigenvalue weighted by molar-refractivity contribution is 5.73. The van der Waals surface area contributed by atoms with E-state index in [9.17, 15) is 4.79 Å². The van der Waals surface area contributed by atoms with Gasteiger partial charge in [0.15, 0.2) is 0 Å². The Morgan fingerprint density at radius 3 is 2.71 bits per heavy atom. The second-order valence-electron chi connectivity index (χ2n) is 3.92. The van der Waals surface area contributed by atoms with Crippen molar-refractivity contribution < 1.29 is 4.79 Å². The summed E-state index contributed by atoms with van der Waals surface area (Å²) in [6.07, 6.45) is 6.22. The lowest BCUT2D eigenvalue weighted by molar-refractivity contribution is -0.129. The van der Waals surface area contributed by atoms with E-state index < -0.39 is 0 Å². The smallest absolute Gasteiger partial charge is 0.219 e. The van der Waals surface area contributed by atoms with Crippen molar-refractivity contribution in [1.29, 1.82) is 0 Å². The number of nitrogens with zero attached hydrogens (tertiary/aromatic N) is 1. The highest BCUT2D eigenvalue weighted by Gasteiger charge is 2.21. The number of amides is 1. The van der Waals surface area contributed by atoms with Crippen molar-refractivity contribution in [3.05, 3.63) is 24.0 Å². The number of H-pyrrole nitrogens is 1. The summed E-state index contributed by atoms with van der Waals surface area (Å²) < 4.78 is 0. The molecule has 1 aliphatic rings. The Hall–Kier alpha value is -1.25. The summed E-state index contributed by atoms with van der Waals surface area (Å²) in [6, 6.07) is 2.13. The summed E-state index contributed by atoms with van der Waals surface area (Å²) >= 11 is 0. The van der Waals surface area contributed by atoms with Gasteiger partial charge < -0.3 is 9.88 Å². The zero-order valence-electron chi connectivity index (χ0n) is 8.49. The minimum absolute atomic E-state index is 0.206. The van der Waals surface area contributed by atoms with Crippen LogP contribution in [-0.4, -0.2) is 28.9 Å². The number of hydrogen-bond donors (Lipinski definition) is 1. The summed E-state index contributed by atoms with van der Waals surface area (Å²) in [6.45, 7) is 3.47. The van der Waals surface area contributed by atoms with Crippen molar-refractivity contribution >= 4 is 5.91 Å². The normalized spacial score (nSPS) is 18.5. The topological polar surface area (TPSA) is 36.1 Å². The zero-order chi connectivity index (χ0) is 9.97. The SMILES string of the molecule is CC(=O)N1CCC(c2cc[nH]c2)CC1. The van der Waals surface area contributed by atoms with Gasteiger partial charge in [-0.2, -0.15) is 0 Å². The highest BCUT2D eigenvalue weighted by Crippen LogP contribution is 2.27. The molecule has 0 spiro atoms. The van der Waals surface area contributed by atoms with Gasteiger partial charge >= 0.3 is 0 Å². The van der Waals surface area contributed by atoms with Crippen LogP contribution in [0.5, 0.6) is 0 Å². The van der Waals surface area contributed by atoms with Crippen LogP contribution in [0.1, 0.15) is 31.2 Å². The van der Waals surface area contributed by atoms with E-state index in [2.05, 4.69) is 17.2 Å². The molecule has 1 aliphatic heterocycles. The van der Waals surface area contributed by atoms with Crippen molar-refractivity contribution in [2.45, 2.75) is 25.7 Å². The third kappa shape index (κ3) is 1.81. The van der Waals surface area contributed by atoms with E-state index in [0.717, 1.165) is 25.9 Å². The van der Waals surface area contributed by atoms with E-state index in [0.29, 0.717) is 5.92 Å². The lowest BCUT2D eigenvalue weighted by atomic mass is 9.91. The van der Waals surface area contributed by atoms with Crippen molar-refractivity contribution in [3.8, 4) is 0 Å². The molecule has 1 fully saturated rings. The standard InChI is InChI=1S/C11H16N2O/c1-9(14)13-6-3-10(4-7-13)11-2-5-12-8-11/h2,5,8,10,12H,3-4,6-7H2,1H3. The summed E-state index contributed by atoms with van der Waals surface area (Å²) in [5.74, 6) is 0.842. The Labute approximate surface area is 84.1 Å². The molecular formula is C11H16N2O. The lowest BCUT2D eigenvalue weighted by Crippen LogP contribution is -2.36.